The molecule has 2 nitrogen and oxygen atoms in total. The van der Waals surface area contributed by atoms with Gasteiger partial charge in [-0.3, -0.25) is 9.59 Å². The number of halogens is 1. The van der Waals surface area contributed by atoms with Gasteiger partial charge in [0.25, 0.3) is 0 Å². The van der Waals surface area contributed by atoms with Gasteiger partial charge in [-0.15, -0.1) is 10.5 Å². The molecular formula is C18H15ClO2S. The second-order valence-corrected chi connectivity index (χ2v) is 7.76. The number of carbonyl (C=O) groups is 2. The fraction of sp³-hybridized carbons (Fsp3) is 0.167. The molecule has 0 spiro atoms. The predicted octanol–water partition coefficient (Wildman–Crippen LogP) is 4.44. The zero-order valence-electron chi connectivity index (χ0n) is 12.1. The summed E-state index contributed by atoms with van der Waals surface area (Å²) in [6, 6.07) is 17.4. The van der Waals surface area contributed by atoms with Crippen molar-refractivity contribution in [2.45, 2.75) is 23.5 Å². The fourth-order valence-electron chi connectivity index (χ4n) is 2.74. The first-order valence-corrected chi connectivity index (χ1v) is 8.69. The quantitative estimate of drug-likeness (QED) is 0.779. The Hall–Kier alpha value is -1.71. The minimum absolute atomic E-state index is 0.0195. The normalized spacial score (nSPS) is 21.2. The van der Waals surface area contributed by atoms with E-state index < -0.39 is 10.5 Å². The third kappa shape index (κ3) is 2.79. The number of benzene rings is 2. The molecule has 0 N–H and O–H groups in total. The van der Waals surface area contributed by atoms with Gasteiger partial charge in [0, 0.05) is 21.6 Å². The van der Waals surface area contributed by atoms with Crippen molar-refractivity contribution in [1.29, 1.82) is 0 Å². The molecular weight excluding hydrogens is 316 g/mol. The number of carbonyl (C=O) groups excluding carboxylic acids is 2. The molecule has 0 aromatic heterocycles. The molecule has 0 saturated carbocycles. The average Bonchev–Trinajstić information content (AvgIpc) is 2.86. The molecule has 1 aliphatic heterocycles. The molecule has 2 aromatic carbocycles. The molecule has 0 amide bonds. The van der Waals surface area contributed by atoms with Crippen LogP contribution in [0.25, 0.3) is 0 Å². The molecule has 1 aliphatic rings. The molecule has 112 valence electrons. The summed E-state index contributed by atoms with van der Waals surface area (Å²) >= 11 is 5.96. The van der Waals surface area contributed by atoms with Crippen LogP contribution in [0.4, 0.5) is 0 Å². The van der Waals surface area contributed by atoms with E-state index in [9.17, 15) is 9.59 Å². The van der Waals surface area contributed by atoms with Crippen molar-refractivity contribution in [2.24, 2.45) is 0 Å². The maximum atomic E-state index is 12.4. The summed E-state index contributed by atoms with van der Waals surface area (Å²) in [4.78, 5) is 25.9. The van der Waals surface area contributed by atoms with E-state index in [0.717, 1.165) is 10.5 Å². The van der Waals surface area contributed by atoms with Gasteiger partial charge in [0.1, 0.15) is 0 Å². The van der Waals surface area contributed by atoms with Crippen LogP contribution in [0, 0.1) is 0 Å². The molecule has 0 saturated heterocycles. The van der Waals surface area contributed by atoms with Gasteiger partial charge < -0.3 is 0 Å². The number of hydrogen-bond donors (Lipinski definition) is 0. The Balaban J connectivity index is 2.17. The number of hydrogen-bond acceptors (Lipinski definition) is 2. The van der Waals surface area contributed by atoms with Crippen LogP contribution >= 0.6 is 22.1 Å². The van der Waals surface area contributed by atoms with Gasteiger partial charge in [-0.25, -0.2) is 0 Å². The van der Waals surface area contributed by atoms with Crippen LogP contribution in [-0.2, 0) is 9.59 Å². The Labute approximate surface area is 137 Å². The number of rotatable bonds is 3. The summed E-state index contributed by atoms with van der Waals surface area (Å²) in [6.45, 7) is 1.49. The van der Waals surface area contributed by atoms with Crippen molar-refractivity contribution < 1.29 is 9.59 Å². The maximum Gasteiger partial charge on any atom is 0.173 e. The van der Waals surface area contributed by atoms with Gasteiger partial charge >= 0.3 is 0 Å². The molecule has 3 rings (SSSR count). The lowest BCUT2D eigenvalue weighted by atomic mass is 10.1. The summed E-state index contributed by atoms with van der Waals surface area (Å²) in [5.74, 6) is -0.145. The Kier molecular flexibility index (Phi) is 4.27. The van der Waals surface area contributed by atoms with Gasteiger partial charge in [-0.05, 0) is 36.8 Å². The first kappa shape index (κ1) is 15.2. The van der Waals surface area contributed by atoms with E-state index in [1.165, 1.54) is 6.92 Å². The second-order valence-electron chi connectivity index (χ2n) is 5.20. The van der Waals surface area contributed by atoms with E-state index in [-0.39, 0.29) is 16.8 Å². The van der Waals surface area contributed by atoms with Gasteiger partial charge in [0.15, 0.2) is 11.6 Å². The lowest BCUT2D eigenvalue weighted by molar-refractivity contribution is -0.115. The third-order valence-electron chi connectivity index (χ3n) is 3.69. The highest BCUT2D eigenvalue weighted by molar-refractivity contribution is 8.18. The highest BCUT2D eigenvalue weighted by atomic mass is 35.5. The highest BCUT2D eigenvalue weighted by Gasteiger charge is 2.35. The van der Waals surface area contributed by atoms with Crippen molar-refractivity contribution in [1.82, 2.24) is 0 Å². The molecule has 0 bridgehead atoms. The molecule has 2 unspecified atom stereocenters. The first-order chi connectivity index (χ1) is 10.6. The monoisotopic (exact) mass is 330 g/mol. The van der Waals surface area contributed by atoms with Crippen LogP contribution in [0.1, 0.15) is 24.2 Å². The standard InChI is InChI=1S/C18H15ClO2S/c1-12(20)18-16(21)11-17(13-7-9-14(19)10-8-13)22(18)15-5-3-2-4-6-15/h2-10,17H,11H2,1H3. The average molecular weight is 331 g/mol. The third-order valence-corrected chi connectivity index (χ3v) is 6.68. The summed E-state index contributed by atoms with van der Waals surface area (Å²) in [7, 11) is -0.510. The minimum Gasteiger partial charge on any atom is -0.294 e. The predicted molar refractivity (Wildman–Crippen MR) is 91.8 cm³/mol. The Bertz CT molecular complexity index is 763. The lowest BCUT2D eigenvalue weighted by Crippen LogP contribution is -2.16. The van der Waals surface area contributed by atoms with Gasteiger partial charge in [-0.2, -0.15) is 0 Å². The summed E-state index contributed by atoms with van der Waals surface area (Å²) in [6.07, 6.45) is 0.383. The van der Waals surface area contributed by atoms with Crippen LogP contribution in [0.15, 0.2) is 59.5 Å². The van der Waals surface area contributed by atoms with E-state index in [2.05, 4.69) is 0 Å². The molecule has 1 heterocycles. The van der Waals surface area contributed by atoms with Crippen molar-refractivity contribution in [3.8, 4) is 0 Å². The number of ketones is 2. The molecule has 22 heavy (non-hydrogen) atoms. The molecule has 0 radical (unpaired) electrons. The topological polar surface area (TPSA) is 34.1 Å². The summed E-state index contributed by atoms with van der Waals surface area (Å²) in [5.41, 5.74) is 1.06. The zero-order chi connectivity index (χ0) is 15.7. The SMILES string of the molecule is CC(=O)C1=S(c2ccccc2)C(c2ccc(Cl)cc2)CC1=O. The fourth-order valence-corrected chi connectivity index (χ4v) is 5.55. The van der Waals surface area contributed by atoms with Crippen LogP contribution in [-0.4, -0.2) is 16.4 Å². The maximum absolute atomic E-state index is 12.4. The summed E-state index contributed by atoms with van der Waals surface area (Å²) < 4.78 is 0. The summed E-state index contributed by atoms with van der Waals surface area (Å²) in [5, 5.41) is 0.689. The van der Waals surface area contributed by atoms with Crippen molar-refractivity contribution in [2.75, 3.05) is 0 Å². The van der Waals surface area contributed by atoms with E-state index in [0.29, 0.717) is 16.3 Å². The van der Waals surface area contributed by atoms with Crippen molar-refractivity contribution in [3.63, 3.8) is 0 Å². The molecule has 2 atom stereocenters. The molecule has 0 aliphatic carbocycles. The van der Waals surface area contributed by atoms with Gasteiger partial charge in [0.05, 0.1) is 4.86 Å². The van der Waals surface area contributed by atoms with Crippen LogP contribution in [0.5, 0.6) is 0 Å². The minimum atomic E-state index is -0.510. The first-order valence-electron chi connectivity index (χ1n) is 7.02. The van der Waals surface area contributed by atoms with Gasteiger partial charge in [0.2, 0.25) is 0 Å². The Morgan fingerprint density at radius 3 is 2.32 bits per heavy atom. The Morgan fingerprint density at radius 2 is 1.73 bits per heavy atom. The molecule has 0 fully saturated rings. The Morgan fingerprint density at radius 1 is 1.09 bits per heavy atom. The van der Waals surface area contributed by atoms with Gasteiger partial charge in [-0.1, -0.05) is 41.9 Å². The smallest absolute Gasteiger partial charge is 0.173 e. The van der Waals surface area contributed by atoms with Crippen molar-refractivity contribution in [3.05, 3.63) is 65.2 Å². The number of Topliss-reactive ketones (excluding diaryl/α,β-unsaturated/α-hetero) is 2. The zero-order valence-corrected chi connectivity index (χ0v) is 13.7. The van der Waals surface area contributed by atoms with E-state index >= 15 is 0 Å². The lowest BCUT2D eigenvalue weighted by Gasteiger charge is -2.17. The van der Waals surface area contributed by atoms with Crippen LogP contribution < -0.4 is 0 Å². The highest BCUT2D eigenvalue weighted by Crippen LogP contribution is 2.50. The van der Waals surface area contributed by atoms with E-state index in [1.54, 1.807) is 0 Å². The molecule has 2 aromatic rings. The van der Waals surface area contributed by atoms with E-state index in [4.69, 9.17) is 11.6 Å². The van der Waals surface area contributed by atoms with E-state index in [1.807, 2.05) is 54.6 Å². The second kappa shape index (κ2) is 6.19. The van der Waals surface area contributed by atoms with Crippen LogP contribution in [0.3, 0.4) is 0 Å². The largest absolute Gasteiger partial charge is 0.294 e. The van der Waals surface area contributed by atoms with Crippen molar-refractivity contribution >= 4 is 38.5 Å². The van der Waals surface area contributed by atoms with Crippen LogP contribution in [0.2, 0.25) is 5.02 Å². The molecule has 4 heteroatoms.